The van der Waals surface area contributed by atoms with Crippen molar-refractivity contribution >= 4 is 22.9 Å². The standard InChI is InChI=1S/C10H13N3S2/c1-2-3-8-10(15-13-12-8)9(11)7-4-5-14-6-7/h4-6,9H,2-3,11H2,1H3. The Morgan fingerprint density at radius 2 is 2.40 bits per heavy atom. The Labute approximate surface area is 97.1 Å². The van der Waals surface area contributed by atoms with Crippen molar-refractivity contribution in [2.24, 2.45) is 5.73 Å². The normalized spacial score (nSPS) is 12.9. The number of thiophene rings is 1. The number of aromatic nitrogens is 2. The third-order valence-corrected chi connectivity index (χ3v) is 3.81. The third kappa shape index (κ3) is 2.25. The highest BCUT2D eigenvalue weighted by molar-refractivity contribution is 7.08. The molecule has 0 saturated heterocycles. The van der Waals surface area contributed by atoms with Crippen molar-refractivity contribution in [3.05, 3.63) is 33.0 Å². The van der Waals surface area contributed by atoms with Crippen LogP contribution in [0.2, 0.25) is 0 Å². The highest BCUT2D eigenvalue weighted by Crippen LogP contribution is 2.26. The Morgan fingerprint density at radius 3 is 3.07 bits per heavy atom. The fourth-order valence-electron chi connectivity index (χ4n) is 1.47. The molecular weight excluding hydrogens is 226 g/mol. The maximum absolute atomic E-state index is 6.17. The van der Waals surface area contributed by atoms with Crippen molar-refractivity contribution in [1.82, 2.24) is 9.59 Å². The van der Waals surface area contributed by atoms with Gasteiger partial charge >= 0.3 is 0 Å². The van der Waals surface area contributed by atoms with Crippen LogP contribution in [0.25, 0.3) is 0 Å². The highest BCUT2D eigenvalue weighted by Gasteiger charge is 2.16. The number of rotatable bonds is 4. The van der Waals surface area contributed by atoms with Crippen LogP contribution in [0.4, 0.5) is 0 Å². The smallest absolute Gasteiger partial charge is 0.0807 e. The number of nitrogens with zero attached hydrogens (tertiary/aromatic N) is 2. The van der Waals surface area contributed by atoms with Crippen molar-refractivity contribution in [3.8, 4) is 0 Å². The van der Waals surface area contributed by atoms with E-state index in [0.717, 1.165) is 29.0 Å². The predicted molar refractivity (Wildman–Crippen MR) is 64.3 cm³/mol. The molecule has 15 heavy (non-hydrogen) atoms. The number of hydrogen-bond acceptors (Lipinski definition) is 5. The zero-order valence-electron chi connectivity index (χ0n) is 8.51. The van der Waals surface area contributed by atoms with Gasteiger partial charge in [0.05, 0.1) is 16.6 Å². The SMILES string of the molecule is CCCc1nnsc1C(N)c1ccsc1. The molecule has 3 nitrogen and oxygen atoms in total. The van der Waals surface area contributed by atoms with Crippen LogP contribution in [0.1, 0.15) is 35.5 Å². The highest BCUT2D eigenvalue weighted by atomic mass is 32.1. The maximum Gasteiger partial charge on any atom is 0.0807 e. The quantitative estimate of drug-likeness (QED) is 0.892. The van der Waals surface area contributed by atoms with Gasteiger partial charge in [0, 0.05) is 0 Å². The molecule has 5 heteroatoms. The van der Waals surface area contributed by atoms with E-state index in [2.05, 4.69) is 28.0 Å². The molecule has 0 aliphatic carbocycles. The second kappa shape index (κ2) is 4.83. The topological polar surface area (TPSA) is 51.8 Å². The molecule has 0 radical (unpaired) electrons. The molecule has 0 bridgehead atoms. The van der Waals surface area contributed by atoms with E-state index in [1.54, 1.807) is 11.3 Å². The van der Waals surface area contributed by atoms with Gasteiger partial charge in [-0.25, -0.2) is 0 Å². The first-order valence-electron chi connectivity index (χ1n) is 4.91. The molecular formula is C10H13N3S2. The molecule has 0 aliphatic rings. The number of aryl methyl sites for hydroxylation is 1. The van der Waals surface area contributed by atoms with Crippen LogP contribution in [-0.4, -0.2) is 9.59 Å². The van der Waals surface area contributed by atoms with Gasteiger partial charge in [-0.3, -0.25) is 0 Å². The van der Waals surface area contributed by atoms with Crippen LogP contribution in [-0.2, 0) is 6.42 Å². The fourth-order valence-corrected chi connectivity index (χ4v) is 2.89. The van der Waals surface area contributed by atoms with Gasteiger partial charge in [0.15, 0.2) is 0 Å². The molecule has 2 aromatic heterocycles. The molecule has 80 valence electrons. The Kier molecular flexibility index (Phi) is 3.45. The molecule has 2 heterocycles. The summed E-state index contributed by atoms with van der Waals surface area (Å²) >= 11 is 3.08. The third-order valence-electron chi connectivity index (χ3n) is 2.26. The average Bonchev–Trinajstić information content (AvgIpc) is 2.87. The molecule has 0 spiro atoms. The van der Waals surface area contributed by atoms with Crippen LogP contribution in [0.5, 0.6) is 0 Å². The van der Waals surface area contributed by atoms with E-state index in [-0.39, 0.29) is 6.04 Å². The van der Waals surface area contributed by atoms with Gasteiger partial charge in [-0.15, -0.1) is 5.10 Å². The first-order chi connectivity index (χ1) is 7.33. The summed E-state index contributed by atoms with van der Waals surface area (Å²) in [4.78, 5) is 1.11. The van der Waals surface area contributed by atoms with Crippen LogP contribution in [0.15, 0.2) is 16.8 Å². The van der Waals surface area contributed by atoms with Crippen molar-refractivity contribution in [1.29, 1.82) is 0 Å². The summed E-state index contributed by atoms with van der Waals surface area (Å²) in [5.41, 5.74) is 8.39. The lowest BCUT2D eigenvalue weighted by atomic mass is 10.1. The first-order valence-corrected chi connectivity index (χ1v) is 6.63. The second-order valence-electron chi connectivity index (χ2n) is 3.37. The van der Waals surface area contributed by atoms with Gasteiger partial charge in [-0.2, -0.15) is 11.3 Å². The van der Waals surface area contributed by atoms with Crippen molar-refractivity contribution in [2.75, 3.05) is 0 Å². The molecule has 0 saturated carbocycles. The Bertz CT molecular complexity index is 408. The van der Waals surface area contributed by atoms with Gasteiger partial charge in [-0.05, 0) is 40.3 Å². The molecule has 2 N–H and O–H groups in total. The molecule has 1 atom stereocenters. The van der Waals surface area contributed by atoms with Crippen molar-refractivity contribution in [3.63, 3.8) is 0 Å². The summed E-state index contributed by atoms with van der Waals surface area (Å²) in [6.07, 6.45) is 2.04. The van der Waals surface area contributed by atoms with Gasteiger partial charge < -0.3 is 5.73 Å². The van der Waals surface area contributed by atoms with E-state index >= 15 is 0 Å². The number of nitrogens with two attached hydrogens (primary N) is 1. The summed E-state index contributed by atoms with van der Waals surface area (Å²) in [7, 11) is 0. The van der Waals surface area contributed by atoms with Crippen molar-refractivity contribution < 1.29 is 0 Å². The average molecular weight is 239 g/mol. The van der Waals surface area contributed by atoms with Gasteiger partial charge in [0.1, 0.15) is 0 Å². The zero-order chi connectivity index (χ0) is 10.7. The van der Waals surface area contributed by atoms with E-state index in [0.29, 0.717) is 0 Å². The zero-order valence-corrected chi connectivity index (χ0v) is 10.1. The molecule has 0 aromatic carbocycles. The largest absolute Gasteiger partial charge is 0.319 e. The minimum Gasteiger partial charge on any atom is -0.319 e. The van der Waals surface area contributed by atoms with Gasteiger partial charge in [-0.1, -0.05) is 17.8 Å². The van der Waals surface area contributed by atoms with Crippen LogP contribution in [0.3, 0.4) is 0 Å². The lowest BCUT2D eigenvalue weighted by molar-refractivity contribution is 0.816. The molecule has 2 rings (SSSR count). The Hall–Kier alpha value is -0.780. The first kappa shape index (κ1) is 10.7. The van der Waals surface area contributed by atoms with Gasteiger partial charge in [0.2, 0.25) is 0 Å². The minimum absolute atomic E-state index is 0.0576. The summed E-state index contributed by atoms with van der Waals surface area (Å²) in [6, 6.07) is 2.00. The van der Waals surface area contributed by atoms with E-state index in [4.69, 9.17) is 5.73 Å². The van der Waals surface area contributed by atoms with E-state index in [1.807, 2.05) is 5.38 Å². The summed E-state index contributed by atoms with van der Waals surface area (Å²) < 4.78 is 3.99. The monoisotopic (exact) mass is 239 g/mol. The van der Waals surface area contributed by atoms with Gasteiger partial charge in [0.25, 0.3) is 0 Å². The van der Waals surface area contributed by atoms with Crippen molar-refractivity contribution in [2.45, 2.75) is 25.8 Å². The van der Waals surface area contributed by atoms with Crippen LogP contribution < -0.4 is 5.73 Å². The molecule has 0 amide bonds. The van der Waals surface area contributed by atoms with Crippen LogP contribution in [0, 0.1) is 0 Å². The van der Waals surface area contributed by atoms with E-state index in [9.17, 15) is 0 Å². The second-order valence-corrected chi connectivity index (χ2v) is 4.93. The molecule has 2 aromatic rings. The van der Waals surface area contributed by atoms with E-state index < -0.39 is 0 Å². The predicted octanol–water partition coefficient (Wildman–Crippen LogP) is 2.60. The Balaban J connectivity index is 2.25. The summed E-state index contributed by atoms with van der Waals surface area (Å²) in [5.74, 6) is 0. The minimum atomic E-state index is -0.0576. The molecule has 0 aliphatic heterocycles. The maximum atomic E-state index is 6.17. The fraction of sp³-hybridized carbons (Fsp3) is 0.400. The lowest BCUT2D eigenvalue weighted by Crippen LogP contribution is -2.11. The summed E-state index contributed by atoms with van der Waals surface area (Å²) in [6.45, 7) is 2.14. The number of hydrogen-bond donors (Lipinski definition) is 1. The lowest BCUT2D eigenvalue weighted by Gasteiger charge is -2.08. The van der Waals surface area contributed by atoms with Crippen LogP contribution >= 0.6 is 22.9 Å². The Morgan fingerprint density at radius 1 is 1.53 bits per heavy atom. The molecule has 0 fully saturated rings. The summed E-state index contributed by atoms with van der Waals surface area (Å²) in [5, 5.41) is 8.26. The van der Waals surface area contributed by atoms with E-state index in [1.165, 1.54) is 11.5 Å². The molecule has 1 unspecified atom stereocenters.